The lowest BCUT2D eigenvalue weighted by Gasteiger charge is -2.07. The molecule has 150 valence electrons. The molecular weight excluding hydrogens is 536 g/mol. The Morgan fingerprint density at radius 3 is 2.53 bits per heavy atom. The monoisotopic (exact) mass is 549 g/mol. The summed E-state index contributed by atoms with van der Waals surface area (Å²) in [5.74, 6) is 0.384. The van der Waals surface area contributed by atoms with Crippen molar-refractivity contribution < 1.29 is 14.3 Å². The van der Waals surface area contributed by atoms with E-state index in [-0.39, 0.29) is 11.6 Å². The molecule has 0 radical (unpaired) electrons. The highest BCUT2D eigenvalue weighted by Crippen LogP contribution is 2.26. The number of cyclic esters (lactones) is 1. The third-order valence-electron chi connectivity index (χ3n) is 4.31. The van der Waals surface area contributed by atoms with Crippen LogP contribution in [0.2, 0.25) is 10.0 Å². The number of benzene rings is 3. The Kier molecular flexibility index (Phi) is 6.41. The molecule has 0 N–H and O–H groups in total. The topological polar surface area (TPSA) is 47.9 Å². The van der Waals surface area contributed by atoms with Crippen LogP contribution in [-0.4, -0.2) is 11.9 Å². The van der Waals surface area contributed by atoms with Gasteiger partial charge in [0.05, 0.1) is 10.6 Å². The average Bonchev–Trinajstić information content (AvgIpc) is 3.10. The lowest BCUT2D eigenvalue weighted by Crippen LogP contribution is -2.06. The predicted molar refractivity (Wildman–Crippen MR) is 127 cm³/mol. The van der Waals surface area contributed by atoms with Crippen molar-refractivity contribution in [1.29, 1.82) is 0 Å². The fourth-order valence-corrected chi connectivity index (χ4v) is 3.66. The van der Waals surface area contributed by atoms with E-state index in [1.807, 2.05) is 60.7 Å². The molecule has 0 fully saturated rings. The second-order valence-corrected chi connectivity index (χ2v) is 8.47. The number of carbonyl (C=O) groups is 1. The lowest BCUT2D eigenvalue weighted by molar-refractivity contribution is -0.129. The van der Waals surface area contributed by atoms with Crippen LogP contribution in [0.15, 0.2) is 77.4 Å². The zero-order valence-electron chi connectivity index (χ0n) is 15.4. The number of halogens is 3. The molecule has 0 atom stereocenters. The van der Waals surface area contributed by atoms with Gasteiger partial charge in [-0.2, -0.15) is 0 Å². The predicted octanol–water partition coefficient (Wildman–Crippen LogP) is 6.52. The van der Waals surface area contributed by atoms with Gasteiger partial charge in [0.15, 0.2) is 5.70 Å². The van der Waals surface area contributed by atoms with E-state index in [0.29, 0.717) is 28.0 Å². The summed E-state index contributed by atoms with van der Waals surface area (Å²) in [6.07, 6.45) is 1.66. The first kappa shape index (κ1) is 20.9. The van der Waals surface area contributed by atoms with Crippen molar-refractivity contribution >= 4 is 63.7 Å². The van der Waals surface area contributed by atoms with E-state index >= 15 is 0 Å². The van der Waals surface area contributed by atoms with Crippen LogP contribution in [0.25, 0.3) is 6.08 Å². The molecule has 7 heteroatoms. The second-order valence-electron chi connectivity index (χ2n) is 6.41. The van der Waals surface area contributed by atoms with E-state index in [9.17, 15) is 4.79 Å². The highest BCUT2D eigenvalue weighted by Gasteiger charge is 2.25. The van der Waals surface area contributed by atoms with Crippen LogP contribution < -0.4 is 4.74 Å². The Labute approximate surface area is 197 Å². The Morgan fingerprint density at radius 2 is 1.77 bits per heavy atom. The zero-order chi connectivity index (χ0) is 21.1. The molecule has 3 aromatic carbocycles. The summed E-state index contributed by atoms with van der Waals surface area (Å²) in [4.78, 5) is 16.5. The number of aliphatic imine (C=N–C) groups is 1. The van der Waals surface area contributed by atoms with Crippen molar-refractivity contribution in [2.45, 2.75) is 6.61 Å². The molecule has 0 unspecified atom stereocenters. The van der Waals surface area contributed by atoms with Crippen LogP contribution >= 0.6 is 45.8 Å². The first-order valence-electron chi connectivity index (χ1n) is 8.94. The minimum absolute atomic E-state index is 0.203. The minimum atomic E-state index is -0.515. The van der Waals surface area contributed by atoms with Gasteiger partial charge in [0.1, 0.15) is 12.4 Å². The Hall–Kier alpha value is -2.35. The molecule has 1 aliphatic rings. The summed E-state index contributed by atoms with van der Waals surface area (Å²) in [5.41, 5.74) is 2.51. The number of hydrogen-bond acceptors (Lipinski definition) is 4. The summed E-state index contributed by atoms with van der Waals surface area (Å²) in [5, 5.41) is 1.14. The van der Waals surface area contributed by atoms with E-state index in [0.717, 1.165) is 14.7 Å². The molecule has 0 saturated carbocycles. The van der Waals surface area contributed by atoms with Crippen LogP contribution in [0.4, 0.5) is 0 Å². The molecule has 1 aliphatic heterocycles. The van der Waals surface area contributed by atoms with E-state index in [1.165, 1.54) is 0 Å². The molecular formula is C23H14Cl2INO3. The van der Waals surface area contributed by atoms with Crippen LogP contribution in [0.3, 0.4) is 0 Å². The van der Waals surface area contributed by atoms with E-state index in [2.05, 4.69) is 27.6 Å². The number of carbonyl (C=O) groups excluding carboxylic acids is 1. The van der Waals surface area contributed by atoms with Crippen molar-refractivity contribution in [1.82, 2.24) is 0 Å². The molecule has 1 heterocycles. The molecule has 0 spiro atoms. The van der Waals surface area contributed by atoms with Crippen molar-refractivity contribution in [2.75, 3.05) is 0 Å². The summed E-state index contributed by atoms with van der Waals surface area (Å²) < 4.78 is 12.1. The molecule has 0 bridgehead atoms. The second kappa shape index (κ2) is 9.20. The van der Waals surface area contributed by atoms with Gasteiger partial charge in [-0.05, 0) is 70.6 Å². The molecule has 0 saturated heterocycles. The highest BCUT2D eigenvalue weighted by atomic mass is 127. The number of ether oxygens (including phenoxy) is 2. The normalized spacial score (nSPS) is 14.6. The molecule has 3 aromatic rings. The summed E-state index contributed by atoms with van der Waals surface area (Å²) >= 11 is 14.5. The van der Waals surface area contributed by atoms with Gasteiger partial charge < -0.3 is 9.47 Å². The maximum atomic E-state index is 12.2. The smallest absolute Gasteiger partial charge is 0.363 e. The maximum absolute atomic E-state index is 12.2. The van der Waals surface area contributed by atoms with Gasteiger partial charge in [0.25, 0.3) is 0 Å². The van der Waals surface area contributed by atoms with Crippen LogP contribution in [0, 0.1) is 3.57 Å². The van der Waals surface area contributed by atoms with E-state index in [1.54, 1.807) is 12.1 Å². The van der Waals surface area contributed by atoms with Gasteiger partial charge >= 0.3 is 5.97 Å². The van der Waals surface area contributed by atoms with E-state index < -0.39 is 5.97 Å². The molecule has 4 nitrogen and oxygen atoms in total. The van der Waals surface area contributed by atoms with Gasteiger partial charge in [0.2, 0.25) is 5.90 Å². The standard InChI is InChI=1S/C23H14Cl2INO3/c24-19-4-2-1-3-15(19)13-29-17-8-5-14(6-9-17)11-21-23(28)30-22(27-21)18-12-16(26)7-10-20(18)25/h1-12H,13H2/b21-11-. The SMILES string of the molecule is O=C1OC(c2cc(I)ccc2Cl)=N/C1=C\c1ccc(OCc2ccccc2Cl)cc1. The molecule has 0 amide bonds. The minimum Gasteiger partial charge on any atom is -0.489 e. The zero-order valence-corrected chi connectivity index (χ0v) is 19.1. The summed E-state index contributed by atoms with van der Waals surface area (Å²) in [6, 6.07) is 20.3. The molecule has 4 rings (SSSR count). The van der Waals surface area contributed by atoms with Gasteiger partial charge in [-0.15, -0.1) is 0 Å². The Bertz CT molecular complexity index is 1170. The molecule has 0 aliphatic carbocycles. The first-order chi connectivity index (χ1) is 14.5. The maximum Gasteiger partial charge on any atom is 0.363 e. The fourth-order valence-electron chi connectivity index (χ4n) is 2.78. The third kappa shape index (κ3) is 4.86. The average molecular weight is 550 g/mol. The Balaban J connectivity index is 1.49. The summed E-state index contributed by atoms with van der Waals surface area (Å²) in [7, 11) is 0. The number of esters is 1. The van der Waals surface area contributed by atoms with E-state index in [4.69, 9.17) is 32.7 Å². The third-order valence-corrected chi connectivity index (χ3v) is 5.68. The van der Waals surface area contributed by atoms with Crippen molar-refractivity contribution in [3.63, 3.8) is 0 Å². The Morgan fingerprint density at radius 1 is 1.00 bits per heavy atom. The fraction of sp³-hybridized carbons (Fsp3) is 0.0435. The van der Waals surface area contributed by atoms with Gasteiger partial charge in [-0.3, -0.25) is 0 Å². The van der Waals surface area contributed by atoms with Gasteiger partial charge in [0, 0.05) is 14.2 Å². The largest absolute Gasteiger partial charge is 0.489 e. The first-order valence-corrected chi connectivity index (χ1v) is 10.8. The van der Waals surface area contributed by atoms with Crippen molar-refractivity contribution in [3.8, 4) is 5.75 Å². The van der Waals surface area contributed by atoms with Crippen LogP contribution in [0.1, 0.15) is 16.7 Å². The quantitative estimate of drug-likeness (QED) is 0.207. The van der Waals surface area contributed by atoms with Gasteiger partial charge in [-0.25, -0.2) is 9.79 Å². The van der Waals surface area contributed by atoms with Crippen molar-refractivity contribution in [2.24, 2.45) is 4.99 Å². The number of rotatable bonds is 5. The van der Waals surface area contributed by atoms with Crippen molar-refractivity contribution in [3.05, 3.63) is 103 Å². The highest BCUT2D eigenvalue weighted by molar-refractivity contribution is 14.1. The molecule has 0 aromatic heterocycles. The molecule has 30 heavy (non-hydrogen) atoms. The van der Waals surface area contributed by atoms with Crippen LogP contribution in [0.5, 0.6) is 5.75 Å². The van der Waals surface area contributed by atoms with Gasteiger partial charge in [-0.1, -0.05) is 53.5 Å². The lowest BCUT2D eigenvalue weighted by atomic mass is 10.2. The van der Waals surface area contributed by atoms with Crippen LogP contribution in [-0.2, 0) is 16.1 Å². The number of nitrogens with zero attached hydrogens (tertiary/aromatic N) is 1. The number of hydrogen-bond donors (Lipinski definition) is 0. The summed E-state index contributed by atoms with van der Waals surface area (Å²) in [6.45, 7) is 0.372.